The molecule has 1 aromatic heterocycles. The van der Waals surface area contributed by atoms with Crippen molar-refractivity contribution in [3.05, 3.63) is 64.6 Å². The Kier molecular flexibility index (Phi) is 4.96. The van der Waals surface area contributed by atoms with Crippen molar-refractivity contribution in [3.63, 3.8) is 0 Å². The molecule has 1 aromatic carbocycles. The van der Waals surface area contributed by atoms with Crippen LogP contribution in [0.2, 0.25) is 0 Å². The first-order chi connectivity index (χ1) is 11.6. The van der Waals surface area contributed by atoms with Crippen LogP contribution in [-0.4, -0.2) is 27.9 Å². The van der Waals surface area contributed by atoms with Crippen molar-refractivity contribution in [1.29, 1.82) is 0 Å². The molecule has 1 fully saturated rings. The maximum Gasteiger partial charge on any atom is 0.319 e. The summed E-state index contributed by atoms with van der Waals surface area (Å²) in [6.45, 7) is 0.487. The summed E-state index contributed by atoms with van der Waals surface area (Å²) in [5, 5.41) is 15.3. The second-order valence-corrected chi connectivity index (χ2v) is 6.07. The molecule has 2 aromatic rings. The van der Waals surface area contributed by atoms with E-state index >= 15 is 0 Å². The van der Waals surface area contributed by atoms with Gasteiger partial charge in [-0.3, -0.25) is 4.79 Å². The number of hydrogen-bond acceptors (Lipinski definition) is 3. The minimum absolute atomic E-state index is 0.0470. The van der Waals surface area contributed by atoms with Gasteiger partial charge < -0.3 is 20.3 Å². The van der Waals surface area contributed by atoms with E-state index in [0.29, 0.717) is 12.2 Å². The van der Waals surface area contributed by atoms with Crippen LogP contribution in [0.15, 0.2) is 53.5 Å². The van der Waals surface area contributed by atoms with Crippen molar-refractivity contribution in [2.75, 3.05) is 5.32 Å². The molecule has 0 unspecified atom stereocenters. The number of amides is 2. The number of benzene rings is 1. The highest BCUT2D eigenvalue weighted by Crippen LogP contribution is 2.19. The highest BCUT2D eigenvalue weighted by Gasteiger charge is 2.26. The Balaban J connectivity index is 1.57. The highest BCUT2D eigenvalue weighted by atomic mass is 16.3. The molecule has 0 radical (unpaired) electrons. The summed E-state index contributed by atoms with van der Waals surface area (Å²) in [7, 11) is 0. The highest BCUT2D eigenvalue weighted by molar-refractivity contribution is 5.89. The number of urea groups is 1. The zero-order valence-electron chi connectivity index (χ0n) is 13.3. The van der Waals surface area contributed by atoms with Gasteiger partial charge in [0.05, 0.1) is 18.7 Å². The summed E-state index contributed by atoms with van der Waals surface area (Å²) in [5.41, 5.74) is 1.60. The van der Waals surface area contributed by atoms with Crippen molar-refractivity contribution in [2.24, 2.45) is 0 Å². The number of carbonyl (C=O) groups is 1. The topological polar surface area (TPSA) is 83.4 Å². The first kappa shape index (κ1) is 16.3. The molecular formula is C18H21N3O3. The first-order valence-electron chi connectivity index (χ1n) is 8.12. The van der Waals surface area contributed by atoms with Crippen LogP contribution >= 0.6 is 0 Å². The number of nitrogens with one attached hydrogen (secondary N) is 2. The van der Waals surface area contributed by atoms with Gasteiger partial charge in [0.1, 0.15) is 0 Å². The van der Waals surface area contributed by atoms with E-state index in [4.69, 9.17) is 0 Å². The fourth-order valence-corrected chi connectivity index (χ4v) is 2.93. The van der Waals surface area contributed by atoms with Gasteiger partial charge >= 0.3 is 6.03 Å². The molecular weight excluding hydrogens is 306 g/mol. The normalized spacial score (nSPS) is 19.9. The molecule has 6 heteroatoms. The molecule has 24 heavy (non-hydrogen) atoms. The van der Waals surface area contributed by atoms with Crippen molar-refractivity contribution in [1.82, 2.24) is 9.88 Å². The van der Waals surface area contributed by atoms with Gasteiger partial charge in [-0.1, -0.05) is 18.2 Å². The fourth-order valence-electron chi connectivity index (χ4n) is 2.93. The van der Waals surface area contributed by atoms with E-state index in [9.17, 15) is 14.7 Å². The molecule has 0 saturated heterocycles. The van der Waals surface area contributed by atoms with Crippen LogP contribution in [0.3, 0.4) is 0 Å². The Morgan fingerprint density at radius 1 is 1.17 bits per heavy atom. The Morgan fingerprint density at radius 3 is 2.62 bits per heavy atom. The van der Waals surface area contributed by atoms with E-state index in [2.05, 4.69) is 10.6 Å². The molecule has 126 valence electrons. The maximum absolute atomic E-state index is 12.0. The molecule has 0 bridgehead atoms. The maximum atomic E-state index is 12.0. The van der Waals surface area contributed by atoms with Gasteiger partial charge in [-0.15, -0.1) is 0 Å². The molecule has 2 amide bonds. The van der Waals surface area contributed by atoms with Crippen LogP contribution in [-0.2, 0) is 6.54 Å². The van der Waals surface area contributed by atoms with E-state index < -0.39 is 6.10 Å². The number of aromatic nitrogens is 1. The lowest BCUT2D eigenvalue weighted by atomic mass is 10.2. The number of pyridine rings is 1. The summed E-state index contributed by atoms with van der Waals surface area (Å²) in [5.74, 6) is 0. The molecule has 1 saturated carbocycles. The number of nitrogens with zero attached hydrogens (tertiary/aromatic N) is 1. The average molecular weight is 327 g/mol. The molecule has 6 nitrogen and oxygen atoms in total. The van der Waals surface area contributed by atoms with Crippen molar-refractivity contribution in [3.8, 4) is 0 Å². The molecule has 3 N–H and O–H groups in total. The summed E-state index contributed by atoms with van der Waals surface area (Å²) < 4.78 is 1.62. The summed E-state index contributed by atoms with van der Waals surface area (Å²) in [4.78, 5) is 23.7. The van der Waals surface area contributed by atoms with Crippen LogP contribution in [0, 0.1) is 0 Å². The second kappa shape index (κ2) is 7.31. The van der Waals surface area contributed by atoms with E-state index in [1.54, 1.807) is 29.0 Å². The van der Waals surface area contributed by atoms with Gasteiger partial charge in [0.2, 0.25) is 0 Å². The van der Waals surface area contributed by atoms with Crippen molar-refractivity contribution in [2.45, 2.75) is 38.0 Å². The van der Waals surface area contributed by atoms with Crippen molar-refractivity contribution < 1.29 is 9.90 Å². The number of aliphatic hydroxyl groups excluding tert-OH is 1. The number of anilines is 1. The van der Waals surface area contributed by atoms with E-state index in [0.717, 1.165) is 24.8 Å². The Morgan fingerprint density at radius 2 is 1.96 bits per heavy atom. The second-order valence-electron chi connectivity index (χ2n) is 6.07. The SMILES string of the molecule is O=C(Nc1ccc(Cn2ccccc2=O)cc1)N[C@H]1CCC[C@@H]1O. The van der Waals surface area contributed by atoms with Crippen LogP contribution in [0.1, 0.15) is 24.8 Å². The van der Waals surface area contributed by atoms with Gasteiger partial charge in [0, 0.05) is 18.0 Å². The first-order valence-corrected chi connectivity index (χ1v) is 8.12. The van der Waals surface area contributed by atoms with Gasteiger partial charge in [-0.05, 0) is 43.0 Å². The summed E-state index contributed by atoms with van der Waals surface area (Å²) in [6.07, 6.45) is 3.76. The molecule has 0 aliphatic heterocycles. The average Bonchev–Trinajstić information content (AvgIpc) is 2.96. The molecule has 1 heterocycles. The lowest BCUT2D eigenvalue weighted by Crippen LogP contribution is -2.42. The van der Waals surface area contributed by atoms with Crippen LogP contribution in [0.4, 0.5) is 10.5 Å². The molecule has 1 aliphatic rings. The monoisotopic (exact) mass is 327 g/mol. The van der Waals surface area contributed by atoms with Crippen LogP contribution in [0.5, 0.6) is 0 Å². The minimum atomic E-state index is -0.456. The third-order valence-corrected chi connectivity index (χ3v) is 4.26. The zero-order chi connectivity index (χ0) is 16.9. The lowest BCUT2D eigenvalue weighted by Gasteiger charge is -2.17. The Labute approximate surface area is 140 Å². The molecule has 0 spiro atoms. The largest absolute Gasteiger partial charge is 0.391 e. The zero-order valence-corrected chi connectivity index (χ0v) is 13.3. The lowest BCUT2D eigenvalue weighted by molar-refractivity contribution is 0.151. The number of aliphatic hydroxyl groups is 1. The molecule has 1 aliphatic carbocycles. The van der Waals surface area contributed by atoms with Gasteiger partial charge in [0.25, 0.3) is 5.56 Å². The van der Waals surface area contributed by atoms with E-state index in [-0.39, 0.29) is 17.6 Å². The standard InChI is InChI=1S/C18H21N3O3/c22-16-5-3-4-15(16)20-18(24)19-14-9-7-13(8-10-14)12-21-11-2-1-6-17(21)23/h1-2,6-11,15-16,22H,3-5,12H2,(H2,19,20,24)/t15-,16-/m0/s1. The third kappa shape index (κ3) is 4.02. The fraction of sp³-hybridized carbons (Fsp3) is 0.333. The predicted octanol–water partition coefficient (Wildman–Crippen LogP) is 1.93. The van der Waals surface area contributed by atoms with Gasteiger partial charge in [0.15, 0.2) is 0 Å². The van der Waals surface area contributed by atoms with Gasteiger partial charge in [-0.25, -0.2) is 4.79 Å². The minimum Gasteiger partial charge on any atom is -0.391 e. The quantitative estimate of drug-likeness (QED) is 0.802. The third-order valence-electron chi connectivity index (χ3n) is 4.26. The number of carbonyl (C=O) groups excluding carboxylic acids is 1. The summed E-state index contributed by atoms with van der Waals surface area (Å²) >= 11 is 0. The van der Waals surface area contributed by atoms with Gasteiger partial charge in [-0.2, -0.15) is 0 Å². The predicted molar refractivity (Wildman–Crippen MR) is 92.0 cm³/mol. The Hall–Kier alpha value is -2.60. The Bertz CT molecular complexity index is 755. The number of hydrogen-bond donors (Lipinski definition) is 3. The molecule has 3 rings (SSSR count). The number of rotatable bonds is 4. The molecule has 2 atom stereocenters. The van der Waals surface area contributed by atoms with Crippen LogP contribution < -0.4 is 16.2 Å². The smallest absolute Gasteiger partial charge is 0.319 e. The van der Waals surface area contributed by atoms with E-state index in [1.807, 2.05) is 18.2 Å². The van der Waals surface area contributed by atoms with Crippen LogP contribution in [0.25, 0.3) is 0 Å². The summed E-state index contributed by atoms with van der Waals surface area (Å²) in [6, 6.07) is 11.9. The van der Waals surface area contributed by atoms with E-state index in [1.165, 1.54) is 6.07 Å². The van der Waals surface area contributed by atoms with Crippen molar-refractivity contribution >= 4 is 11.7 Å².